The van der Waals surface area contributed by atoms with Crippen molar-refractivity contribution in [3.63, 3.8) is 0 Å². The lowest BCUT2D eigenvalue weighted by atomic mass is 9.93. The van der Waals surface area contributed by atoms with Crippen molar-refractivity contribution in [3.05, 3.63) is 509 Å². The average Bonchev–Trinajstić information content (AvgIpc) is 1.66. The molecule has 2 heterocycles. The third-order valence-electron chi connectivity index (χ3n) is 22.5. The van der Waals surface area contributed by atoms with Gasteiger partial charge in [0.15, 0.2) is 0 Å². The number of rotatable bonds is 18. The lowest BCUT2D eigenvalue weighted by Crippen LogP contribution is -2.10. The molecule has 0 N–H and O–H groups in total. The minimum Gasteiger partial charge on any atom is -0.310 e. The van der Waals surface area contributed by atoms with E-state index in [1.54, 1.807) is 36.4 Å². The minimum absolute atomic E-state index is 0.0645. The third-order valence-corrected chi connectivity index (χ3v) is 22.5. The molecule has 0 radical (unpaired) electrons. The van der Waals surface area contributed by atoms with E-state index in [4.69, 9.17) is 13.7 Å². The van der Waals surface area contributed by atoms with Crippen LogP contribution in [0.5, 0.6) is 0 Å². The number of benzene rings is 20. The van der Waals surface area contributed by atoms with Gasteiger partial charge in [-0.3, -0.25) is 0 Å². The summed E-state index contributed by atoms with van der Waals surface area (Å²) in [5.74, 6) is 0. The molecule has 4 nitrogen and oxygen atoms in total. The number of hydrogen-bond donors (Lipinski definition) is 0. The molecule has 22 aromatic rings. The van der Waals surface area contributed by atoms with Crippen LogP contribution in [-0.2, 0) is 0 Å². The molecule has 22 rings (SSSR count). The summed E-state index contributed by atoms with van der Waals surface area (Å²) in [5, 5.41) is 3.19. The highest BCUT2D eigenvalue weighted by atomic mass is 15.1. The van der Waals surface area contributed by atoms with Gasteiger partial charge in [-0.05, 0) is 221 Å². The summed E-state index contributed by atoms with van der Waals surface area (Å²) in [6, 6.07) is 112. The van der Waals surface area contributed by atoms with Crippen LogP contribution in [0.4, 0.5) is 34.1 Å². The van der Waals surface area contributed by atoms with E-state index in [-0.39, 0.29) is 64.0 Å². The third kappa shape index (κ3) is 14.8. The number of fused-ring (bicyclic) bond motifs is 6. The second-order valence-electron chi connectivity index (χ2n) is 29.8. The van der Waals surface area contributed by atoms with Gasteiger partial charge in [-0.25, -0.2) is 0 Å². The first kappa shape index (κ1) is 55.4. The first-order chi connectivity index (χ1) is 70.3. The highest BCUT2D eigenvalue weighted by Crippen LogP contribution is 2.47. The lowest BCUT2D eigenvalue weighted by molar-refractivity contribution is 1.18. The summed E-state index contributed by atoms with van der Waals surface area (Å²) in [5.41, 5.74) is 16.9. The Morgan fingerprint density at radius 1 is 0.161 bits per heavy atom. The van der Waals surface area contributed by atoms with Crippen molar-refractivity contribution in [1.29, 1.82) is 0 Å². The van der Waals surface area contributed by atoms with Crippen molar-refractivity contribution in [2.75, 3.05) is 9.80 Å². The molecule has 0 aliphatic rings. The van der Waals surface area contributed by atoms with Gasteiger partial charge in [-0.1, -0.05) is 388 Å². The summed E-state index contributed by atoms with van der Waals surface area (Å²) in [6.45, 7) is 0. The Morgan fingerprint density at radius 2 is 0.492 bits per heavy atom. The highest BCUT2D eigenvalue weighted by Gasteiger charge is 2.24. The summed E-state index contributed by atoms with van der Waals surface area (Å²) in [6.07, 6.45) is 0. The average molecular weight is 1600 g/mol. The molecule has 0 amide bonds. The summed E-state index contributed by atoms with van der Waals surface area (Å²) in [7, 11) is 0. The van der Waals surface area contributed by atoms with Gasteiger partial charge in [-0.15, -0.1) is 0 Å². The topological polar surface area (TPSA) is 16.3 Å². The predicted octanol–water partition coefficient (Wildman–Crippen LogP) is 33.2. The van der Waals surface area contributed by atoms with Crippen LogP contribution in [0.3, 0.4) is 0 Å². The Morgan fingerprint density at radius 3 is 0.984 bits per heavy atom. The molecule has 2 aromatic heterocycles. The Kier molecular flexibility index (Phi) is 15.1. The first-order valence-electron chi connectivity index (χ1n) is 51.3. The normalized spacial score (nSPS) is 13.6. The van der Waals surface area contributed by atoms with Crippen LogP contribution in [0, 0.1) is 0 Å². The lowest BCUT2D eigenvalue weighted by Gasteiger charge is -2.27. The van der Waals surface area contributed by atoms with E-state index < -0.39 is 125 Å². The maximum Gasteiger partial charge on any atom is 0.0645 e. The molecule has 0 saturated heterocycles. The molecule has 0 aliphatic heterocycles. The zero-order chi connectivity index (χ0) is 101. The largest absolute Gasteiger partial charge is 0.310 e. The van der Waals surface area contributed by atoms with Crippen LogP contribution < -0.4 is 9.80 Å². The van der Waals surface area contributed by atoms with E-state index in [0.29, 0.717) is 33.2 Å². The predicted molar refractivity (Wildman–Crippen MR) is 525 cm³/mol. The zero-order valence-electron chi connectivity index (χ0n) is 87.7. The quantitative estimate of drug-likeness (QED) is 0.0851. The smallest absolute Gasteiger partial charge is 0.0645 e. The van der Waals surface area contributed by atoms with Crippen molar-refractivity contribution >= 4 is 77.7 Å². The Hall–Kier alpha value is -16.4. The van der Waals surface area contributed by atoms with E-state index in [9.17, 15) is 15.1 Å². The molecule has 0 aliphatic carbocycles. The molecule has 0 bridgehead atoms. The molecule has 584 valence electrons. The van der Waals surface area contributed by atoms with Crippen LogP contribution in [-0.4, -0.2) is 9.13 Å². The molecule has 0 fully saturated rings. The van der Waals surface area contributed by atoms with Crippen LogP contribution in [0.15, 0.2) is 509 Å². The fourth-order valence-corrected chi connectivity index (χ4v) is 16.6. The van der Waals surface area contributed by atoms with E-state index in [0.717, 1.165) is 112 Å². The van der Waals surface area contributed by atoms with Crippen molar-refractivity contribution < 1.29 is 28.8 Å². The number of nitrogens with zero attached hydrogens (tertiary/aromatic N) is 4. The molecular formula is C120H84N4. The van der Waals surface area contributed by atoms with Crippen LogP contribution in [0.25, 0.3) is 166 Å². The summed E-state index contributed by atoms with van der Waals surface area (Å²) < 4.78 is 199. The van der Waals surface area contributed by atoms with Gasteiger partial charge < -0.3 is 18.9 Å². The maximum atomic E-state index is 9.89. The maximum absolute atomic E-state index is 9.89. The zero-order valence-corrected chi connectivity index (χ0v) is 66.7. The van der Waals surface area contributed by atoms with Gasteiger partial charge in [-0.2, -0.15) is 0 Å². The summed E-state index contributed by atoms with van der Waals surface area (Å²) >= 11 is 0. The molecule has 4 heteroatoms. The highest BCUT2D eigenvalue weighted by molar-refractivity contribution is 6.13. The molecule has 0 atom stereocenters. The van der Waals surface area contributed by atoms with Gasteiger partial charge in [0.1, 0.15) is 0 Å². The molecule has 20 aromatic carbocycles. The van der Waals surface area contributed by atoms with Crippen molar-refractivity contribution in [1.82, 2.24) is 9.13 Å². The van der Waals surface area contributed by atoms with Crippen molar-refractivity contribution in [2.24, 2.45) is 0 Å². The van der Waals surface area contributed by atoms with Crippen molar-refractivity contribution in [3.8, 4) is 123 Å². The van der Waals surface area contributed by atoms with E-state index in [1.165, 1.54) is 4.90 Å². The Bertz CT molecular complexity index is 8800. The molecule has 0 unspecified atom stereocenters. The molecular weight excluding hydrogens is 1500 g/mol. The fourth-order valence-electron chi connectivity index (χ4n) is 16.6. The Balaban J connectivity index is 0.000000173. The molecule has 0 saturated carbocycles. The van der Waals surface area contributed by atoms with Crippen molar-refractivity contribution in [2.45, 2.75) is 0 Å². The second kappa shape index (κ2) is 33.8. The molecule has 124 heavy (non-hydrogen) atoms. The first-order valence-corrected chi connectivity index (χ1v) is 40.8. The number of anilines is 6. The van der Waals surface area contributed by atoms with E-state index in [2.05, 4.69) is 118 Å². The van der Waals surface area contributed by atoms with Gasteiger partial charge in [0.25, 0.3) is 0 Å². The van der Waals surface area contributed by atoms with Crippen LogP contribution in [0.1, 0.15) is 28.8 Å². The summed E-state index contributed by atoms with van der Waals surface area (Å²) in [4.78, 5) is 3.08. The fraction of sp³-hybridized carbons (Fsp3) is 0. The SMILES string of the molecule is [2H]c1c(N(c2ccc(-c3ccccc3)cc2)c2c([2H])c([2H])c(-c3ccc4c(c3[2H])c3ccccc3n4-c3ccccc3-c3ccccc3)c([2H])c2[2H])cc(-c2c([2H])c([2H])c([2H])c([2H])c2[2H])c(-c2c([2H])c([2H])c([2H])c([2H])c2[2H])c1[2H].[2H]c1c([2H])c(N(c2ccc(-c3ccccc3)cc2)c2ccc(-c3ccccc3)c(-c3ccccc3)c2)c([2H])c([2H])c1-c1ccc2c(c1)c1ccccc1n2-c1ccccc1-c1ccccc1. The van der Waals surface area contributed by atoms with Gasteiger partial charge in [0.05, 0.1) is 62.2 Å². The minimum atomic E-state index is -0.812. The second-order valence-corrected chi connectivity index (χ2v) is 29.8. The van der Waals surface area contributed by atoms with Crippen LogP contribution in [0.2, 0.25) is 0 Å². The number of aromatic nitrogens is 2. The van der Waals surface area contributed by atoms with Gasteiger partial charge in [0, 0.05) is 66.8 Å². The monoisotopic (exact) mass is 1600 g/mol. The van der Waals surface area contributed by atoms with Crippen LogP contribution >= 0.6 is 0 Å². The van der Waals surface area contributed by atoms with Gasteiger partial charge in [0.2, 0.25) is 0 Å². The Labute approximate surface area is 753 Å². The number of para-hydroxylation sites is 4. The van der Waals surface area contributed by atoms with E-state index in [1.807, 2.05) is 235 Å². The number of hydrogen-bond acceptors (Lipinski definition) is 2. The van der Waals surface area contributed by atoms with Gasteiger partial charge >= 0.3 is 0 Å². The molecule has 0 spiro atoms. The van der Waals surface area contributed by atoms with E-state index >= 15 is 0 Å². The standard InChI is InChI=1S/2C60H42N2/c2*1-5-17-43(18-6-1)44-29-34-50(35-30-44)61(52-38-39-53(46-19-7-2-8-20-46)56(42-52)48-23-11-4-12-24-48)51-36-31-45(32-37-51)49-33-40-60-57(41-49)55-26-14-16-28-59(55)62(60)58-27-15-13-25-54(58)47-21-9-3-10-22-47/h2*1-42H/i2D,4D,7D,8D,11D,12D,19D,20D,23D,24D,31D,32D,36D,37D,38D,39D,41D;31D,32D,36D,37D.